The highest BCUT2D eigenvalue weighted by molar-refractivity contribution is 5.83. The van der Waals surface area contributed by atoms with Gasteiger partial charge in [0.1, 0.15) is 0 Å². The van der Waals surface area contributed by atoms with E-state index in [0.717, 1.165) is 16.0 Å². The number of amides is 4. The van der Waals surface area contributed by atoms with Gasteiger partial charge in [0, 0.05) is 66.3 Å². The summed E-state index contributed by atoms with van der Waals surface area (Å²) in [6.45, 7) is 6.32. The summed E-state index contributed by atoms with van der Waals surface area (Å²) in [4.78, 5) is 47.8. The molecule has 3 unspecified atom stereocenters. The second kappa shape index (κ2) is 12.8. The SMILES string of the molecule is CC(=O)N1CCN(CC2CC3C(c4ccccc4C)N(C(=O)N(C)Cc4cc(C(F)(F)F)cc(C(F)(F)F)c4)CCN3C2=O)CC1. The normalized spacial score (nSPS) is 22.7. The quantitative estimate of drug-likeness (QED) is 0.426. The summed E-state index contributed by atoms with van der Waals surface area (Å²) in [5.74, 6) is -0.320. The molecule has 8 nitrogen and oxygen atoms in total. The van der Waals surface area contributed by atoms with Crippen molar-refractivity contribution in [3.8, 4) is 0 Å². The number of rotatable bonds is 5. The van der Waals surface area contributed by atoms with Crippen molar-refractivity contribution in [2.24, 2.45) is 5.92 Å². The van der Waals surface area contributed by atoms with Crippen LogP contribution in [0.2, 0.25) is 0 Å². The van der Waals surface area contributed by atoms with Crippen LogP contribution in [0, 0.1) is 12.8 Å². The minimum atomic E-state index is -5.00. The maximum absolute atomic E-state index is 14.0. The molecular formula is C32H37F6N5O3. The van der Waals surface area contributed by atoms with E-state index < -0.39 is 42.1 Å². The van der Waals surface area contributed by atoms with Crippen LogP contribution in [0.5, 0.6) is 0 Å². The van der Waals surface area contributed by atoms with Crippen LogP contribution in [0.4, 0.5) is 31.1 Å². The molecule has 0 radical (unpaired) electrons. The molecule has 0 aromatic heterocycles. The zero-order valence-electron chi connectivity index (χ0n) is 25.9. The van der Waals surface area contributed by atoms with Crippen molar-refractivity contribution < 1.29 is 40.7 Å². The van der Waals surface area contributed by atoms with Crippen molar-refractivity contribution >= 4 is 17.8 Å². The second-order valence-electron chi connectivity index (χ2n) is 12.4. The van der Waals surface area contributed by atoms with Crippen molar-refractivity contribution in [1.82, 2.24) is 24.5 Å². The van der Waals surface area contributed by atoms with Gasteiger partial charge in [0.2, 0.25) is 11.8 Å². The molecule has 5 rings (SSSR count). The Labute approximate surface area is 263 Å². The number of aryl methyl sites for hydroxylation is 1. The number of carbonyl (C=O) groups excluding carboxylic acids is 3. The molecular weight excluding hydrogens is 616 g/mol. The van der Waals surface area contributed by atoms with Crippen LogP contribution in [-0.4, -0.2) is 101 Å². The van der Waals surface area contributed by atoms with Gasteiger partial charge in [0.15, 0.2) is 0 Å². The van der Waals surface area contributed by atoms with E-state index in [-0.39, 0.29) is 48.5 Å². The molecule has 2 aromatic carbocycles. The van der Waals surface area contributed by atoms with Gasteiger partial charge in [-0.05, 0) is 48.2 Å². The fourth-order valence-corrected chi connectivity index (χ4v) is 6.94. The van der Waals surface area contributed by atoms with Crippen molar-refractivity contribution in [3.05, 3.63) is 70.3 Å². The Morgan fingerprint density at radius 1 is 0.891 bits per heavy atom. The highest BCUT2D eigenvalue weighted by Gasteiger charge is 2.50. The van der Waals surface area contributed by atoms with Crippen molar-refractivity contribution in [2.75, 3.05) is 52.9 Å². The first-order valence-corrected chi connectivity index (χ1v) is 15.2. The average Bonchev–Trinajstić information content (AvgIpc) is 3.30. The fraction of sp³-hybridized carbons (Fsp3) is 0.531. The first-order chi connectivity index (χ1) is 21.5. The summed E-state index contributed by atoms with van der Waals surface area (Å²) in [6, 6.07) is 7.29. The Morgan fingerprint density at radius 3 is 2.07 bits per heavy atom. The smallest absolute Gasteiger partial charge is 0.340 e. The Kier molecular flexibility index (Phi) is 9.31. The lowest BCUT2D eigenvalue weighted by Gasteiger charge is -2.46. The molecule has 0 N–H and O–H groups in total. The highest BCUT2D eigenvalue weighted by Crippen LogP contribution is 2.42. The molecule has 3 saturated heterocycles. The number of urea groups is 1. The van der Waals surface area contributed by atoms with Crippen LogP contribution in [-0.2, 0) is 28.5 Å². The van der Waals surface area contributed by atoms with Gasteiger partial charge in [0.05, 0.1) is 29.1 Å². The van der Waals surface area contributed by atoms with E-state index in [1.54, 1.807) is 14.7 Å². The zero-order chi connectivity index (χ0) is 33.6. The summed E-state index contributed by atoms with van der Waals surface area (Å²) in [5, 5.41) is 0. The van der Waals surface area contributed by atoms with Gasteiger partial charge in [-0.3, -0.25) is 14.5 Å². The number of alkyl halides is 6. The largest absolute Gasteiger partial charge is 0.416 e. The minimum absolute atomic E-state index is 0.0123. The molecule has 0 aliphatic carbocycles. The number of hydrogen-bond donors (Lipinski definition) is 0. The molecule has 3 fully saturated rings. The third-order valence-corrected chi connectivity index (χ3v) is 9.28. The topological polar surface area (TPSA) is 67.4 Å². The minimum Gasteiger partial charge on any atom is -0.340 e. The summed E-state index contributed by atoms with van der Waals surface area (Å²) in [7, 11) is 1.35. The van der Waals surface area contributed by atoms with Crippen molar-refractivity contribution in [3.63, 3.8) is 0 Å². The van der Waals surface area contributed by atoms with E-state index in [1.165, 1.54) is 14.0 Å². The Balaban J connectivity index is 1.39. The standard InChI is InChI=1S/C32H37F6N5O3/c1-20-6-4-5-7-26(20)28-27-16-23(19-40-8-10-41(11-9-40)21(2)44)29(45)42(27)12-13-43(28)30(46)39(3)18-22-14-24(31(33,34)35)17-25(15-22)32(36,37)38/h4-7,14-15,17,23,27-28H,8-13,16,18-19H2,1-3H3. The number of nitrogens with zero attached hydrogens (tertiary/aromatic N) is 5. The lowest BCUT2D eigenvalue weighted by molar-refractivity contribution is -0.143. The highest BCUT2D eigenvalue weighted by atomic mass is 19.4. The first-order valence-electron chi connectivity index (χ1n) is 15.2. The molecule has 4 amide bonds. The fourth-order valence-electron chi connectivity index (χ4n) is 6.94. The van der Waals surface area contributed by atoms with Crippen LogP contribution in [0.3, 0.4) is 0 Å². The summed E-state index contributed by atoms with van der Waals surface area (Å²) >= 11 is 0. The molecule has 46 heavy (non-hydrogen) atoms. The monoisotopic (exact) mass is 653 g/mol. The Hall–Kier alpha value is -3.81. The summed E-state index contributed by atoms with van der Waals surface area (Å²) < 4.78 is 80.9. The predicted molar refractivity (Wildman–Crippen MR) is 156 cm³/mol. The van der Waals surface area contributed by atoms with Gasteiger partial charge < -0.3 is 19.6 Å². The number of halogens is 6. The van der Waals surface area contributed by atoms with Crippen molar-refractivity contribution in [2.45, 2.75) is 51.2 Å². The molecule has 3 aliphatic rings. The lowest BCUT2D eigenvalue weighted by atomic mass is 9.89. The molecule has 2 aromatic rings. The van der Waals surface area contributed by atoms with Crippen LogP contribution in [0.1, 0.15) is 47.2 Å². The average molecular weight is 654 g/mol. The van der Waals surface area contributed by atoms with Gasteiger partial charge in [0.25, 0.3) is 0 Å². The third-order valence-electron chi connectivity index (χ3n) is 9.28. The maximum atomic E-state index is 14.0. The number of benzene rings is 2. The molecule has 250 valence electrons. The van der Waals surface area contributed by atoms with E-state index in [4.69, 9.17) is 0 Å². The van der Waals surface area contributed by atoms with Crippen LogP contribution in [0.15, 0.2) is 42.5 Å². The summed E-state index contributed by atoms with van der Waals surface area (Å²) in [5.41, 5.74) is -1.48. The Morgan fingerprint density at radius 2 is 1.50 bits per heavy atom. The second-order valence-corrected chi connectivity index (χ2v) is 12.4. The van der Waals surface area contributed by atoms with E-state index in [9.17, 15) is 40.7 Å². The van der Waals surface area contributed by atoms with E-state index in [2.05, 4.69) is 4.90 Å². The van der Waals surface area contributed by atoms with Gasteiger partial charge >= 0.3 is 18.4 Å². The molecule has 3 aliphatic heterocycles. The third kappa shape index (κ3) is 6.96. The molecule has 14 heteroatoms. The predicted octanol–water partition coefficient (Wildman–Crippen LogP) is 5.02. The number of hydrogen-bond acceptors (Lipinski definition) is 4. The van der Waals surface area contributed by atoms with Gasteiger partial charge in [-0.1, -0.05) is 24.3 Å². The zero-order valence-corrected chi connectivity index (χ0v) is 25.9. The van der Waals surface area contributed by atoms with Crippen LogP contribution in [0.25, 0.3) is 0 Å². The Bertz CT molecular complexity index is 1440. The molecule has 0 bridgehead atoms. The number of fused-ring (bicyclic) bond motifs is 1. The van der Waals surface area contributed by atoms with Gasteiger partial charge in [-0.15, -0.1) is 0 Å². The van der Waals surface area contributed by atoms with E-state index in [1.807, 2.05) is 31.2 Å². The van der Waals surface area contributed by atoms with E-state index >= 15 is 0 Å². The number of piperazine rings is 2. The molecule has 3 atom stereocenters. The van der Waals surface area contributed by atoms with Gasteiger partial charge in [-0.25, -0.2) is 4.79 Å². The lowest BCUT2D eigenvalue weighted by Crippen LogP contribution is -2.57. The molecule has 3 heterocycles. The van der Waals surface area contributed by atoms with Crippen LogP contribution >= 0.6 is 0 Å². The van der Waals surface area contributed by atoms with Gasteiger partial charge in [-0.2, -0.15) is 26.3 Å². The molecule has 0 saturated carbocycles. The molecule has 0 spiro atoms. The number of carbonyl (C=O) groups is 3. The summed E-state index contributed by atoms with van der Waals surface area (Å²) in [6.07, 6.45) is -9.53. The maximum Gasteiger partial charge on any atom is 0.416 e. The van der Waals surface area contributed by atoms with Crippen LogP contribution < -0.4 is 0 Å². The first kappa shape index (κ1) is 33.6. The van der Waals surface area contributed by atoms with E-state index in [0.29, 0.717) is 51.3 Å². The van der Waals surface area contributed by atoms with Crippen molar-refractivity contribution in [1.29, 1.82) is 0 Å².